The van der Waals surface area contributed by atoms with Crippen LogP contribution in [0.1, 0.15) is 24.2 Å². The second-order valence-corrected chi connectivity index (χ2v) is 5.17. The molecule has 0 saturated heterocycles. The molecule has 2 aromatic rings. The van der Waals surface area contributed by atoms with Crippen molar-refractivity contribution in [2.45, 2.75) is 32.7 Å². The molecule has 1 aromatic carbocycles. The molecule has 2 nitrogen and oxygen atoms in total. The predicted octanol–water partition coefficient (Wildman–Crippen LogP) is 0.301. The van der Waals surface area contributed by atoms with E-state index in [1.54, 1.807) is 0 Å². The lowest BCUT2D eigenvalue weighted by molar-refractivity contribution is -0.677. The summed E-state index contributed by atoms with van der Waals surface area (Å²) in [6.45, 7) is 3.25. The van der Waals surface area contributed by atoms with Crippen LogP contribution in [0, 0.1) is 6.92 Å². The zero-order valence-corrected chi connectivity index (χ0v) is 13.0. The van der Waals surface area contributed by atoms with Crippen LogP contribution < -0.4 is 17.0 Å². The maximum atomic E-state index is 5.87. The Morgan fingerprint density at radius 2 is 1.84 bits per heavy atom. The molecule has 104 valence electrons. The molecular formula is C15H20Cl2N2. The lowest BCUT2D eigenvalue weighted by Gasteiger charge is -2.02. The quantitative estimate of drug-likeness (QED) is 0.555. The summed E-state index contributed by atoms with van der Waals surface area (Å²) in [6.07, 6.45) is 7.80. The first-order valence-electron chi connectivity index (χ1n) is 6.42. The minimum atomic E-state index is 0. The van der Waals surface area contributed by atoms with E-state index >= 15 is 0 Å². The second kappa shape index (κ2) is 7.56. The van der Waals surface area contributed by atoms with Gasteiger partial charge in [0.1, 0.15) is 12.4 Å². The van der Waals surface area contributed by atoms with Crippen LogP contribution >= 0.6 is 11.6 Å². The Bertz CT molecular complexity index is 503. The minimum absolute atomic E-state index is 0. The van der Waals surface area contributed by atoms with Gasteiger partial charge in [-0.25, -0.2) is 9.13 Å². The largest absolute Gasteiger partial charge is 1.00 e. The zero-order valence-electron chi connectivity index (χ0n) is 11.4. The first kappa shape index (κ1) is 16.1. The molecule has 0 radical (unpaired) electrons. The average Bonchev–Trinajstić information content (AvgIpc) is 2.68. The monoisotopic (exact) mass is 298 g/mol. The SMILES string of the molecule is Cc1n(CCCCc2ccc(Cl)cc2)cc[n+]1C.[Cl-]. The second-order valence-electron chi connectivity index (χ2n) is 4.73. The highest BCUT2D eigenvalue weighted by molar-refractivity contribution is 6.30. The molecule has 0 bridgehead atoms. The van der Waals surface area contributed by atoms with E-state index in [0.29, 0.717) is 0 Å². The summed E-state index contributed by atoms with van der Waals surface area (Å²) in [5, 5.41) is 0.814. The van der Waals surface area contributed by atoms with Gasteiger partial charge < -0.3 is 12.4 Å². The van der Waals surface area contributed by atoms with Crippen LogP contribution in [0.5, 0.6) is 0 Å². The number of aryl methyl sites for hydroxylation is 3. The van der Waals surface area contributed by atoms with Crippen molar-refractivity contribution in [3.63, 3.8) is 0 Å². The maximum absolute atomic E-state index is 5.87. The Morgan fingerprint density at radius 3 is 2.42 bits per heavy atom. The third kappa shape index (κ3) is 4.55. The van der Waals surface area contributed by atoms with Crippen LogP contribution in [0.2, 0.25) is 5.02 Å². The van der Waals surface area contributed by atoms with Crippen LogP contribution in [0.4, 0.5) is 0 Å². The number of halogens is 2. The van der Waals surface area contributed by atoms with Crippen molar-refractivity contribution in [1.82, 2.24) is 4.57 Å². The van der Waals surface area contributed by atoms with Crippen molar-refractivity contribution in [2.24, 2.45) is 7.05 Å². The zero-order chi connectivity index (χ0) is 13.0. The van der Waals surface area contributed by atoms with Crippen molar-refractivity contribution in [1.29, 1.82) is 0 Å². The Morgan fingerprint density at radius 1 is 1.16 bits per heavy atom. The normalized spacial score (nSPS) is 10.3. The number of hydrogen-bond acceptors (Lipinski definition) is 0. The van der Waals surface area contributed by atoms with Gasteiger partial charge in [0.2, 0.25) is 0 Å². The predicted molar refractivity (Wildman–Crippen MR) is 74.7 cm³/mol. The van der Waals surface area contributed by atoms with Crippen LogP contribution in [-0.4, -0.2) is 4.57 Å². The highest BCUT2D eigenvalue weighted by atomic mass is 35.5. The fourth-order valence-corrected chi connectivity index (χ4v) is 2.22. The third-order valence-electron chi connectivity index (χ3n) is 3.42. The van der Waals surface area contributed by atoms with Gasteiger partial charge in [0.15, 0.2) is 0 Å². The standard InChI is InChI=1S/C15H20ClN2.ClH/c1-13-17(2)11-12-18(13)10-4-3-5-14-6-8-15(16)9-7-14;/h6-9,11-12H,3-5,10H2,1-2H3;1H/q+1;/p-1. The molecule has 0 aliphatic heterocycles. The van der Waals surface area contributed by atoms with E-state index in [0.717, 1.165) is 18.0 Å². The first-order valence-corrected chi connectivity index (χ1v) is 6.80. The third-order valence-corrected chi connectivity index (χ3v) is 3.68. The van der Waals surface area contributed by atoms with Gasteiger partial charge in [0.25, 0.3) is 5.82 Å². The van der Waals surface area contributed by atoms with Gasteiger partial charge in [-0.2, -0.15) is 0 Å². The van der Waals surface area contributed by atoms with Crippen LogP contribution in [0.25, 0.3) is 0 Å². The van der Waals surface area contributed by atoms with E-state index < -0.39 is 0 Å². The van der Waals surface area contributed by atoms with Gasteiger partial charge in [0.05, 0.1) is 13.6 Å². The van der Waals surface area contributed by atoms with Crippen molar-refractivity contribution >= 4 is 11.6 Å². The lowest BCUT2D eigenvalue weighted by Crippen LogP contribution is -3.00. The van der Waals surface area contributed by atoms with E-state index in [2.05, 4.69) is 47.6 Å². The smallest absolute Gasteiger partial charge is 0.253 e. The van der Waals surface area contributed by atoms with E-state index in [-0.39, 0.29) is 12.4 Å². The fraction of sp³-hybridized carbons (Fsp3) is 0.400. The molecule has 2 rings (SSSR count). The van der Waals surface area contributed by atoms with Crippen molar-refractivity contribution in [3.05, 3.63) is 53.1 Å². The highest BCUT2D eigenvalue weighted by Crippen LogP contribution is 2.12. The maximum Gasteiger partial charge on any atom is 0.253 e. The first-order chi connectivity index (χ1) is 8.66. The van der Waals surface area contributed by atoms with Gasteiger partial charge in [0, 0.05) is 11.9 Å². The van der Waals surface area contributed by atoms with Gasteiger partial charge in [-0.05, 0) is 37.0 Å². The lowest BCUT2D eigenvalue weighted by atomic mass is 10.1. The fourth-order valence-electron chi connectivity index (χ4n) is 2.10. The highest BCUT2D eigenvalue weighted by Gasteiger charge is 2.07. The number of unbranched alkanes of at least 4 members (excludes halogenated alkanes) is 1. The molecule has 1 aromatic heterocycles. The van der Waals surface area contributed by atoms with Crippen LogP contribution in [-0.2, 0) is 20.0 Å². The van der Waals surface area contributed by atoms with Crippen molar-refractivity contribution in [2.75, 3.05) is 0 Å². The summed E-state index contributed by atoms with van der Waals surface area (Å²) in [6, 6.07) is 8.16. The number of imidazole rings is 1. The summed E-state index contributed by atoms with van der Waals surface area (Å²) < 4.78 is 4.46. The Hall–Kier alpha value is -0.990. The Labute approximate surface area is 126 Å². The number of benzene rings is 1. The molecule has 0 aliphatic rings. The number of nitrogens with zero attached hydrogens (tertiary/aromatic N) is 2. The molecule has 0 unspecified atom stereocenters. The summed E-state index contributed by atoms with van der Waals surface area (Å²) in [4.78, 5) is 0. The van der Waals surface area contributed by atoms with Gasteiger partial charge in [-0.3, -0.25) is 0 Å². The van der Waals surface area contributed by atoms with Gasteiger partial charge >= 0.3 is 0 Å². The molecule has 19 heavy (non-hydrogen) atoms. The van der Waals surface area contributed by atoms with E-state index in [1.807, 2.05) is 12.1 Å². The molecular weight excluding hydrogens is 279 g/mol. The van der Waals surface area contributed by atoms with Crippen molar-refractivity contribution < 1.29 is 17.0 Å². The van der Waals surface area contributed by atoms with Crippen LogP contribution in [0.15, 0.2) is 36.7 Å². The summed E-state index contributed by atoms with van der Waals surface area (Å²) >= 11 is 5.87. The molecule has 0 amide bonds. The van der Waals surface area contributed by atoms with Gasteiger partial charge in [-0.15, -0.1) is 0 Å². The van der Waals surface area contributed by atoms with E-state index in [9.17, 15) is 0 Å². The molecule has 4 heteroatoms. The molecule has 1 heterocycles. The average molecular weight is 299 g/mol. The molecule has 0 atom stereocenters. The van der Waals surface area contributed by atoms with Crippen molar-refractivity contribution in [3.8, 4) is 0 Å². The summed E-state index contributed by atoms with van der Waals surface area (Å²) in [5.74, 6) is 1.31. The number of aromatic nitrogens is 2. The molecule has 0 fully saturated rings. The Kier molecular flexibility index (Phi) is 6.40. The number of hydrogen-bond donors (Lipinski definition) is 0. The van der Waals surface area contributed by atoms with E-state index in [1.165, 1.54) is 24.2 Å². The van der Waals surface area contributed by atoms with Gasteiger partial charge in [-0.1, -0.05) is 23.7 Å². The summed E-state index contributed by atoms with van der Waals surface area (Å²) in [7, 11) is 2.08. The molecule has 0 N–H and O–H groups in total. The van der Waals surface area contributed by atoms with E-state index in [4.69, 9.17) is 11.6 Å². The topological polar surface area (TPSA) is 8.81 Å². The van der Waals surface area contributed by atoms with Crippen LogP contribution in [0.3, 0.4) is 0 Å². The summed E-state index contributed by atoms with van der Waals surface area (Å²) in [5.41, 5.74) is 1.37. The minimum Gasteiger partial charge on any atom is -1.00 e. The Balaban J connectivity index is 0.00000180. The molecule has 0 spiro atoms. The molecule has 0 aliphatic carbocycles. The molecule has 0 saturated carbocycles. The number of rotatable bonds is 5.